The monoisotopic (exact) mass is 261 g/mol. The van der Waals surface area contributed by atoms with Gasteiger partial charge in [0.25, 0.3) is 0 Å². The number of furan rings is 1. The average Bonchev–Trinajstić information content (AvgIpc) is 2.52. The van der Waals surface area contributed by atoms with Gasteiger partial charge in [-0.05, 0) is 13.8 Å². The van der Waals surface area contributed by atoms with Crippen LogP contribution in [0.25, 0.3) is 0 Å². The first kappa shape index (κ1) is 13.7. The van der Waals surface area contributed by atoms with E-state index in [0.717, 1.165) is 4.31 Å². The van der Waals surface area contributed by atoms with Gasteiger partial charge in [0.05, 0.1) is 7.11 Å². The van der Waals surface area contributed by atoms with Crippen LogP contribution in [0.15, 0.2) is 9.31 Å². The van der Waals surface area contributed by atoms with Crippen molar-refractivity contribution in [3.63, 3.8) is 0 Å². The Morgan fingerprint density at radius 1 is 1.24 bits per heavy atom. The van der Waals surface area contributed by atoms with E-state index < -0.39 is 16.0 Å². The number of sulfonamides is 1. The Hall–Kier alpha value is -1.34. The first-order valence-electron chi connectivity index (χ1n) is 4.84. The van der Waals surface area contributed by atoms with Gasteiger partial charge in [0.2, 0.25) is 10.0 Å². The van der Waals surface area contributed by atoms with Gasteiger partial charge < -0.3 is 9.15 Å². The summed E-state index contributed by atoms with van der Waals surface area (Å²) in [5.74, 6) is -0.314. The second kappa shape index (κ2) is 4.50. The molecule has 1 aromatic heterocycles. The summed E-state index contributed by atoms with van der Waals surface area (Å²) in [5.41, 5.74) is -0.0429. The number of rotatable bonds is 3. The highest BCUT2D eigenvalue weighted by Gasteiger charge is 2.32. The van der Waals surface area contributed by atoms with Gasteiger partial charge in [-0.1, -0.05) is 0 Å². The quantitative estimate of drug-likeness (QED) is 0.756. The van der Waals surface area contributed by atoms with Crippen molar-refractivity contribution in [2.24, 2.45) is 0 Å². The Morgan fingerprint density at radius 2 is 1.76 bits per heavy atom. The predicted octanol–water partition coefficient (Wildman–Crippen LogP) is 0.933. The summed E-state index contributed by atoms with van der Waals surface area (Å²) < 4.78 is 34.9. The Labute approximate surface area is 100 Å². The maximum absolute atomic E-state index is 12.1. The molecule has 0 spiro atoms. The predicted molar refractivity (Wildman–Crippen MR) is 60.4 cm³/mol. The summed E-state index contributed by atoms with van der Waals surface area (Å²) in [6, 6.07) is 0. The Bertz CT molecular complexity index is 541. The highest BCUT2D eigenvalue weighted by Crippen LogP contribution is 2.28. The van der Waals surface area contributed by atoms with Crippen LogP contribution in [0.5, 0.6) is 0 Å². The van der Waals surface area contributed by atoms with Crippen molar-refractivity contribution in [1.82, 2.24) is 4.31 Å². The zero-order valence-electron chi connectivity index (χ0n) is 10.4. The third-order valence-electron chi connectivity index (χ3n) is 2.33. The lowest BCUT2D eigenvalue weighted by Crippen LogP contribution is -2.24. The molecule has 0 N–H and O–H groups in total. The molecule has 0 saturated carbocycles. The number of methoxy groups -OCH3 is 1. The number of ether oxygens (including phenoxy) is 1. The summed E-state index contributed by atoms with van der Waals surface area (Å²) in [6.07, 6.45) is 0. The van der Waals surface area contributed by atoms with E-state index in [0.29, 0.717) is 0 Å². The van der Waals surface area contributed by atoms with Crippen molar-refractivity contribution in [2.45, 2.75) is 18.7 Å². The molecular weight excluding hydrogens is 246 g/mol. The van der Waals surface area contributed by atoms with E-state index in [2.05, 4.69) is 4.74 Å². The lowest BCUT2D eigenvalue weighted by molar-refractivity contribution is 0.0594. The Kier molecular flexibility index (Phi) is 3.63. The van der Waals surface area contributed by atoms with Crippen LogP contribution >= 0.6 is 0 Å². The van der Waals surface area contributed by atoms with Crippen molar-refractivity contribution < 1.29 is 22.4 Å². The van der Waals surface area contributed by atoms with E-state index in [4.69, 9.17) is 4.42 Å². The van der Waals surface area contributed by atoms with Crippen molar-refractivity contribution in [2.75, 3.05) is 21.2 Å². The van der Waals surface area contributed by atoms with Crippen LogP contribution in [-0.4, -0.2) is 39.9 Å². The van der Waals surface area contributed by atoms with Crippen LogP contribution in [0.1, 0.15) is 21.9 Å². The molecule has 0 fully saturated rings. The average molecular weight is 261 g/mol. The first-order chi connectivity index (χ1) is 7.73. The van der Waals surface area contributed by atoms with E-state index in [1.165, 1.54) is 35.1 Å². The molecule has 0 unspecified atom stereocenters. The third-order valence-corrected chi connectivity index (χ3v) is 4.30. The topological polar surface area (TPSA) is 76.8 Å². The molecule has 17 heavy (non-hydrogen) atoms. The number of carbonyl (C=O) groups is 1. The van der Waals surface area contributed by atoms with E-state index >= 15 is 0 Å². The van der Waals surface area contributed by atoms with Crippen molar-refractivity contribution in [3.8, 4) is 0 Å². The van der Waals surface area contributed by atoms with Crippen LogP contribution in [0, 0.1) is 13.8 Å². The lowest BCUT2D eigenvalue weighted by atomic mass is 10.2. The molecule has 1 aromatic rings. The molecule has 0 aliphatic heterocycles. The second-order valence-corrected chi connectivity index (χ2v) is 5.79. The molecule has 96 valence electrons. The van der Waals surface area contributed by atoms with Gasteiger partial charge >= 0.3 is 5.97 Å². The zero-order chi connectivity index (χ0) is 13.4. The number of esters is 1. The minimum Gasteiger partial charge on any atom is -0.465 e. The molecule has 0 radical (unpaired) electrons. The number of hydrogen-bond donors (Lipinski definition) is 0. The SMILES string of the molecule is COC(=O)c1c(C)oc(C)c1S(=O)(=O)N(C)C. The van der Waals surface area contributed by atoms with E-state index in [-0.39, 0.29) is 22.0 Å². The third kappa shape index (κ3) is 2.20. The van der Waals surface area contributed by atoms with E-state index in [1.807, 2.05) is 0 Å². The number of aryl methyl sites for hydroxylation is 2. The van der Waals surface area contributed by atoms with Crippen LogP contribution in [0.3, 0.4) is 0 Å². The maximum Gasteiger partial charge on any atom is 0.342 e. The summed E-state index contributed by atoms with van der Waals surface area (Å²) in [7, 11) is 0.231. The maximum atomic E-state index is 12.1. The molecule has 0 aromatic carbocycles. The van der Waals surface area contributed by atoms with Gasteiger partial charge in [-0.25, -0.2) is 17.5 Å². The summed E-state index contributed by atoms with van der Waals surface area (Å²) in [4.78, 5) is 11.4. The fourth-order valence-electron chi connectivity index (χ4n) is 1.49. The normalized spacial score (nSPS) is 11.9. The van der Waals surface area contributed by atoms with E-state index in [9.17, 15) is 13.2 Å². The van der Waals surface area contributed by atoms with Gasteiger partial charge in [-0.3, -0.25) is 0 Å². The smallest absolute Gasteiger partial charge is 0.342 e. The Balaban J connectivity index is 3.60. The van der Waals surface area contributed by atoms with Gasteiger partial charge in [0.1, 0.15) is 22.0 Å². The minimum absolute atomic E-state index is 0.0429. The number of nitrogens with zero attached hydrogens (tertiary/aromatic N) is 1. The second-order valence-electron chi connectivity index (χ2n) is 3.70. The van der Waals surface area contributed by atoms with Crippen LogP contribution < -0.4 is 0 Å². The van der Waals surface area contributed by atoms with Crippen LogP contribution in [-0.2, 0) is 14.8 Å². The minimum atomic E-state index is -3.73. The molecule has 6 nitrogen and oxygen atoms in total. The zero-order valence-corrected chi connectivity index (χ0v) is 11.2. The standard InChI is InChI=1S/C10H15NO5S/c1-6-8(10(12)15-5)9(7(2)16-6)17(13,14)11(3)4/h1-5H3. The molecule has 0 atom stereocenters. The highest BCUT2D eigenvalue weighted by molar-refractivity contribution is 7.89. The molecule has 1 heterocycles. The van der Waals surface area contributed by atoms with Crippen molar-refractivity contribution >= 4 is 16.0 Å². The fourth-order valence-corrected chi connectivity index (χ4v) is 2.75. The lowest BCUT2D eigenvalue weighted by Gasteiger charge is -2.11. The van der Waals surface area contributed by atoms with Gasteiger partial charge in [0.15, 0.2) is 0 Å². The summed E-state index contributed by atoms with van der Waals surface area (Å²) in [5, 5.41) is 0. The van der Waals surface area contributed by atoms with Gasteiger partial charge in [-0.15, -0.1) is 0 Å². The Morgan fingerprint density at radius 3 is 2.18 bits per heavy atom. The van der Waals surface area contributed by atoms with Gasteiger partial charge in [0, 0.05) is 14.1 Å². The first-order valence-corrected chi connectivity index (χ1v) is 6.28. The molecule has 0 bridgehead atoms. The van der Waals surface area contributed by atoms with Crippen molar-refractivity contribution in [3.05, 3.63) is 17.1 Å². The van der Waals surface area contributed by atoms with Crippen LogP contribution in [0.2, 0.25) is 0 Å². The largest absolute Gasteiger partial charge is 0.465 e. The molecule has 7 heteroatoms. The summed E-state index contributed by atoms with van der Waals surface area (Å²) in [6.45, 7) is 3.02. The molecule has 0 saturated heterocycles. The molecule has 1 rings (SSSR count). The molecule has 0 amide bonds. The number of hydrogen-bond acceptors (Lipinski definition) is 5. The molecule has 0 aliphatic carbocycles. The fraction of sp³-hybridized carbons (Fsp3) is 0.500. The summed E-state index contributed by atoms with van der Waals surface area (Å²) >= 11 is 0. The molecular formula is C10H15NO5S. The van der Waals surface area contributed by atoms with Gasteiger partial charge in [-0.2, -0.15) is 0 Å². The molecule has 0 aliphatic rings. The van der Waals surface area contributed by atoms with Crippen LogP contribution in [0.4, 0.5) is 0 Å². The van der Waals surface area contributed by atoms with E-state index in [1.54, 1.807) is 0 Å². The highest BCUT2D eigenvalue weighted by atomic mass is 32.2. The van der Waals surface area contributed by atoms with Crippen molar-refractivity contribution in [1.29, 1.82) is 0 Å². The number of carbonyl (C=O) groups excluding carboxylic acids is 1.